The summed E-state index contributed by atoms with van der Waals surface area (Å²) in [5.41, 5.74) is 4.26. The molecule has 0 aliphatic heterocycles. The van der Waals surface area contributed by atoms with E-state index >= 15 is 0 Å². The Morgan fingerprint density at radius 1 is 1.07 bits per heavy atom. The van der Waals surface area contributed by atoms with Crippen molar-refractivity contribution in [3.05, 3.63) is 59.4 Å². The van der Waals surface area contributed by atoms with Crippen molar-refractivity contribution in [2.45, 2.75) is 96.9 Å². The van der Waals surface area contributed by atoms with Crippen molar-refractivity contribution in [2.24, 2.45) is 0 Å². The number of aliphatic hydroxyl groups excluding tert-OH is 1. The van der Waals surface area contributed by atoms with Crippen LogP contribution in [0.2, 0.25) is 0 Å². The summed E-state index contributed by atoms with van der Waals surface area (Å²) < 4.78 is 2.38. The molecule has 0 spiro atoms. The first-order valence-corrected chi connectivity index (χ1v) is 11.5. The van der Waals surface area contributed by atoms with Crippen LogP contribution in [0.3, 0.4) is 0 Å². The lowest BCUT2D eigenvalue weighted by atomic mass is 9.87. The Morgan fingerprint density at radius 2 is 1.76 bits per heavy atom. The molecule has 160 valence electrons. The van der Waals surface area contributed by atoms with E-state index in [9.17, 15) is 5.11 Å². The second-order valence-corrected chi connectivity index (χ2v) is 9.86. The first-order valence-electron chi connectivity index (χ1n) is 11.5. The lowest BCUT2D eigenvalue weighted by Crippen LogP contribution is -2.41. The van der Waals surface area contributed by atoms with Crippen LogP contribution in [0, 0.1) is 0 Å². The summed E-state index contributed by atoms with van der Waals surface area (Å²) in [6, 6.07) is 14.1. The quantitative estimate of drug-likeness (QED) is 0.616. The average molecular weight is 397 g/mol. The normalized spacial score (nSPS) is 17.0. The molecule has 0 saturated heterocycles. The fourth-order valence-electron chi connectivity index (χ4n) is 4.45. The maximum atomic E-state index is 10.3. The van der Waals surface area contributed by atoms with Gasteiger partial charge in [0.25, 0.3) is 0 Å². The van der Waals surface area contributed by atoms with Crippen molar-refractivity contribution in [3.8, 4) is 0 Å². The van der Waals surface area contributed by atoms with Crippen LogP contribution in [-0.2, 0) is 18.5 Å². The van der Waals surface area contributed by atoms with Crippen LogP contribution >= 0.6 is 0 Å². The molecule has 0 bridgehead atoms. The van der Waals surface area contributed by atoms with Gasteiger partial charge in [-0.25, -0.2) is 0 Å². The van der Waals surface area contributed by atoms with E-state index in [0.29, 0.717) is 6.04 Å². The van der Waals surface area contributed by atoms with Gasteiger partial charge < -0.3 is 9.67 Å². The highest BCUT2D eigenvalue weighted by atomic mass is 16.3. The van der Waals surface area contributed by atoms with Gasteiger partial charge in [-0.15, -0.1) is 0 Å². The van der Waals surface area contributed by atoms with Gasteiger partial charge in [0.15, 0.2) is 0 Å². The summed E-state index contributed by atoms with van der Waals surface area (Å²) >= 11 is 0. The molecule has 0 radical (unpaired) electrons. The predicted molar refractivity (Wildman–Crippen MR) is 122 cm³/mol. The van der Waals surface area contributed by atoms with Crippen molar-refractivity contribution in [2.75, 3.05) is 6.54 Å². The Labute approximate surface area is 177 Å². The maximum Gasteiger partial charge on any atom is 0.0664 e. The van der Waals surface area contributed by atoms with Gasteiger partial charge in [-0.2, -0.15) is 0 Å². The van der Waals surface area contributed by atoms with E-state index in [1.54, 1.807) is 0 Å². The monoisotopic (exact) mass is 396 g/mol. The molecule has 2 aromatic rings. The minimum Gasteiger partial charge on any atom is -0.392 e. The minimum atomic E-state index is -0.231. The molecule has 3 nitrogen and oxygen atoms in total. The molecule has 1 saturated carbocycles. The third-order valence-electron chi connectivity index (χ3n) is 6.47. The fraction of sp³-hybridized carbons (Fsp3) is 0.615. The van der Waals surface area contributed by atoms with Gasteiger partial charge in [-0.1, -0.05) is 71.2 Å². The molecule has 1 aromatic heterocycles. The van der Waals surface area contributed by atoms with Gasteiger partial charge >= 0.3 is 0 Å². The lowest BCUT2D eigenvalue weighted by molar-refractivity contribution is 0.0643. The van der Waals surface area contributed by atoms with Crippen molar-refractivity contribution in [1.29, 1.82) is 0 Å². The van der Waals surface area contributed by atoms with Gasteiger partial charge in [0, 0.05) is 37.6 Å². The van der Waals surface area contributed by atoms with Crippen LogP contribution in [0.1, 0.15) is 83.0 Å². The third-order valence-corrected chi connectivity index (χ3v) is 6.47. The Bertz CT molecular complexity index is 735. The molecule has 3 rings (SSSR count). The molecular weight excluding hydrogens is 356 g/mol. The SMILES string of the molecule is CC[C@@H](O)CN(Cc1cccn1Cc1ccc(C(C)(C)C)cc1)C1CCCCC1. The number of rotatable bonds is 8. The summed E-state index contributed by atoms with van der Waals surface area (Å²) in [5, 5.41) is 10.3. The smallest absolute Gasteiger partial charge is 0.0664 e. The molecule has 1 N–H and O–H groups in total. The molecule has 1 atom stereocenters. The van der Waals surface area contributed by atoms with Gasteiger partial charge in [0.05, 0.1) is 6.10 Å². The summed E-state index contributed by atoms with van der Waals surface area (Å²) in [4.78, 5) is 2.54. The van der Waals surface area contributed by atoms with Crippen LogP contribution in [0.4, 0.5) is 0 Å². The molecule has 1 aliphatic rings. The summed E-state index contributed by atoms with van der Waals surface area (Å²) in [6.07, 6.45) is 9.34. The molecular formula is C26H40N2O. The van der Waals surface area contributed by atoms with Gasteiger partial charge in [-0.3, -0.25) is 4.90 Å². The Hall–Kier alpha value is -1.58. The predicted octanol–water partition coefficient (Wildman–Crippen LogP) is 5.74. The highest BCUT2D eigenvalue weighted by Crippen LogP contribution is 2.26. The molecule has 1 fully saturated rings. The van der Waals surface area contributed by atoms with Gasteiger partial charge in [0.2, 0.25) is 0 Å². The minimum absolute atomic E-state index is 0.192. The van der Waals surface area contributed by atoms with Crippen LogP contribution in [0.15, 0.2) is 42.6 Å². The van der Waals surface area contributed by atoms with Crippen molar-refractivity contribution in [1.82, 2.24) is 9.47 Å². The number of aliphatic hydroxyl groups is 1. The summed E-state index contributed by atoms with van der Waals surface area (Å²) in [7, 11) is 0. The molecule has 3 heteroatoms. The molecule has 0 unspecified atom stereocenters. The largest absolute Gasteiger partial charge is 0.392 e. The first-order chi connectivity index (χ1) is 13.9. The van der Waals surface area contributed by atoms with E-state index in [2.05, 4.69) is 79.8 Å². The van der Waals surface area contributed by atoms with Gasteiger partial charge in [0.1, 0.15) is 0 Å². The van der Waals surface area contributed by atoms with Crippen LogP contribution in [0.25, 0.3) is 0 Å². The number of hydrogen-bond donors (Lipinski definition) is 1. The van der Waals surface area contributed by atoms with Crippen molar-refractivity contribution >= 4 is 0 Å². The maximum absolute atomic E-state index is 10.3. The first kappa shape index (κ1) is 22.1. The van der Waals surface area contributed by atoms with Crippen molar-refractivity contribution < 1.29 is 5.11 Å². The van der Waals surface area contributed by atoms with Crippen LogP contribution < -0.4 is 0 Å². The Balaban J connectivity index is 1.71. The van der Waals surface area contributed by atoms with Crippen LogP contribution in [0.5, 0.6) is 0 Å². The summed E-state index contributed by atoms with van der Waals surface area (Å²) in [5.74, 6) is 0. The molecule has 29 heavy (non-hydrogen) atoms. The molecule has 0 amide bonds. The van der Waals surface area contributed by atoms with E-state index in [4.69, 9.17) is 0 Å². The van der Waals surface area contributed by atoms with E-state index < -0.39 is 0 Å². The zero-order valence-corrected chi connectivity index (χ0v) is 18.9. The van der Waals surface area contributed by atoms with Crippen LogP contribution in [-0.4, -0.2) is 33.3 Å². The Morgan fingerprint density at radius 3 is 2.38 bits per heavy atom. The average Bonchev–Trinajstić information content (AvgIpc) is 3.14. The standard InChI is InChI=1S/C26H40N2O/c1-5-25(29)20-28(23-10-7-6-8-11-23)19-24-12-9-17-27(24)18-21-13-15-22(16-14-21)26(2,3)4/h9,12-17,23,25,29H,5-8,10-11,18-20H2,1-4H3/t25-/m1/s1. The summed E-state index contributed by atoms with van der Waals surface area (Å²) in [6.45, 7) is 11.5. The zero-order chi connectivity index (χ0) is 20.9. The van der Waals surface area contributed by atoms with E-state index in [1.165, 1.54) is 48.9 Å². The van der Waals surface area contributed by atoms with E-state index in [1.807, 2.05) is 0 Å². The molecule has 1 aliphatic carbocycles. The molecule has 1 heterocycles. The number of benzene rings is 1. The van der Waals surface area contributed by atoms with Gasteiger partial charge in [-0.05, 0) is 47.9 Å². The van der Waals surface area contributed by atoms with Crippen molar-refractivity contribution in [3.63, 3.8) is 0 Å². The second-order valence-electron chi connectivity index (χ2n) is 9.86. The highest BCUT2D eigenvalue weighted by Gasteiger charge is 2.24. The zero-order valence-electron chi connectivity index (χ0n) is 18.9. The number of hydrogen-bond acceptors (Lipinski definition) is 2. The topological polar surface area (TPSA) is 28.4 Å². The molecule has 1 aromatic carbocycles. The fourth-order valence-corrected chi connectivity index (χ4v) is 4.45. The second kappa shape index (κ2) is 9.95. The van der Waals surface area contributed by atoms with E-state index in [-0.39, 0.29) is 11.5 Å². The highest BCUT2D eigenvalue weighted by molar-refractivity contribution is 5.28. The number of aromatic nitrogens is 1. The van der Waals surface area contributed by atoms with E-state index in [0.717, 1.165) is 26.1 Å². The third kappa shape index (κ3) is 6.20. The number of nitrogens with zero attached hydrogens (tertiary/aromatic N) is 2. The lowest BCUT2D eigenvalue weighted by Gasteiger charge is -2.35. The Kier molecular flexibility index (Phi) is 7.59.